The monoisotopic (exact) mass is 308 g/mol. The lowest BCUT2D eigenvalue weighted by Crippen LogP contribution is -2.38. The van der Waals surface area contributed by atoms with Crippen LogP contribution in [0.3, 0.4) is 0 Å². The molecule has 3 nitrogen and oxygen atoms in total. The standard InChI is InChI=1S/C19H32O3/c1-17(2,3)15(20)19(7)12-8-10-14(11-9-13-19)22-16(21)18(4,5)6/h8,10,14H,9,11-13H2,1-7H3/b10-8+. The number of allylic oxidation sites excluding steroid dienone is 1. The van der Waals surface area contributed by atoms with Crippen LogP contribution in [0.5, 0.6) is 0 Å². The third kappa shape index (κ3) is 4.96. The van der Waals surface area contributed by atoms with Crippen LogP contribution in [0, 0.1) is 16.2 Å². The minimum Gasteiger partial charge on any atom is -0.458 e. The molecule has 1 rings (SSSR count). The highest BCUT2D eigenvalue weighted by Crippen LogP contribution is 2.38. The summed E-state index contributed by atoms with van der Waals surface area (Å²) in [6.45, 7) is 13.6. The fourth-order valence-corrected chi connectivity index (χ4v) is 2.90. The number of carbonyl (C=O) groups excluding carboxylic acids is 2. The molecule has 2 atom stereocenters. The molecule has 0 radical (unpaired) electrons. The van der Waals surface area contributed by atoms with Crippen molar-refractivity contribution in [2.24, 2.45) is 16.2 Å². The minimum atomic E-state index is -0.479. The average Bonchev–Trinajstić information content (AvgIpc) is 2.32. The summed E-state index contributed by atoms with van der Waals surface area (Å²) in [5, 5.41) is 0. The maximum absolute atomic E-state index is 12.7. The number of hydrogen-bond acceptors (Lipinski definition) is 3. The quantitative estimate of drug-likeness (QED) is 0.549. The summed E-state index contributed by atoms with van der Waals surface area (Å²) in [5.74, 6) is 0.144. The Labute approximate surface area is 135 Å². The van der Waals surface area contributed by atoms with Gasteiger partial charge in [-0.25, -0.2) is 0 Å². The molecule has 0 aliphatic heterocycles. The smallest absolute Gasteiger partial charge is 0.311 e. The summed E-state index contributed by atoms with van der Waals surface area (Å²) in [6.07, 6.45) is 7.04. The van der Waals surface area contributed by atoms with E-state index in [4.69, 9.17) is 4.74 Å². The maximum Gasteiger partial charge on any atom is 0.311 e. The minimum absolute atomic E-state index is 0.166. The molecule has 0 saturated carbocycles. The number of ketones is 1. The molecule has 0 saturated heterocycles. The van der Waals surface area contributed by atoms with E-state index in [2.05, 4.69) is 6.92 Å². The molecule has 0 aromatic heterocycles. The summed E-state index contributed by atoms with van der Waals surface area (Å²) >= 11 is 0. The molecule has 1 aliphatic carbocycles. The van der Waals surface area contributed by atoms with Crippen molar-refractivity contribution in [1.29, 1.82) is 0 Å². The Morgan fingerprint density at radius 3 is 2.18 bits per heavy atom. The van der Waals surface area contributed by atoms with E-state index < -0.39 is 5.41 Å². The van der Waals surface area contributed by atoms with Crippen molar-refractivity contribution in [2.45, 2.75) is 80.3 Å². The van der Waals surface area contributed by atoms with Crippen LogP contribution in [0.4, 0.5) is 0 Å². The van der Waals surface area contributed by atoms with E-state index in [1.54, 1.807) is 0 Å². The van der Waals surface area contributed by atoms with Crippen molar-refractivity contribution >= 4 is 11.8 Å². The van der Waals surface area contributed by atoms with Crippen LogP contribution in [-0.4, -0.2) is 17.9 Å². The summed E-state index contributed by atoms with van der Waals surface area (Å²) in [4.78, 5) is 24.7. The fraction of sp³-hybridized carbons (Fsp3) is 0.789. The highest BCUT2D eigenvalue weighted by molar-refractivity contribution is 5.89. The molecule has 3 heteroatoms. The first kappa shape index (κ1) is 18.9. The molecule has 0 N–H and O–H groups in total. The van der Waals surface area contributed by atoms with Crippen LogP contribution in [0.1, 0.15) is 74.1 Å². The highest BCUT2D eigenvalue weighted by Gasteiger charge is 2.39. The molecular formula is C19H32O3. The molecule has 1 aliphatic rings. The Morgan fingerprint density at radius 2 is 1.68 bits per heavy atom. The van der Waals surface area contributed by atoms with Gasteiger partial charge in [0.05, 0.1) is 5.41 Å². The van der Waals surface area contributed by atoms with E-state index in [1.807, 2.05) is 53.7 Å². The third-order valence-electron chi connectivity index (χ3n) is 4.24. The Balaban J connectivity index is 2.76. The van der Waals surface area contributed by atoms with Crippen LogP contribution >= 0.6 is 0 Å². The first-order valence-electron chi connectivity index (χ1n) is 8.29. The molecule has 0 bridgehead atoms. The highest BCUT2D eigenvalue weighted by atomic mass is 16.5. The lowest BCUT2D eigenvalue weighted by Gasteiger charge is -2.35. The molecule has 0 heterocycles. The van der Waals surface area contributed by atoms with E-state index in [1.165, 1.54) is 0 Å². The van der Waals surface area contributed by atoms with Crippen LogP contribution in [0.2, 0.25) is 0 Å². The predicted octanol–water partition coefficient (Wildman–Crippen LogP) is 4.70. The van der Waals surface area contributed by atoms with Crippen molar-refractivity contribution in [1.82, 2.24) is 0 Å². The topological polar surface area (TPSA) is 43.4 Å². The molecule has 0 fully saturated rings. The molecule has 0 spiro atoms. The second-order valence-electron chi connectivity index (χ2n) is 8.86. The molecule has 0 amide bonds. The molecular weight excluding hydrogens is 276 g/mol. The molecule has 0 aromatic rings. The Morgan fingerprint density at radius 1 is 1.09 bits per heavy atom. The lowest BCUT2D eigenvalue weighted by atomic mass is 9.68. The van der Waals surface area contributed by atoms with Crippen molar-refractivity contribution in [3.63, 3.8) is 0 Å². The van der Waals surface area contributed by atoms with Crippen LogP contribution in [0.25, 0.3) is 0 Å². The van der Waals surface area contributed by atoms with E-state index in [-0.39, 0.29) is 22.9 Å². The first-order valence-corrected chi connectivity index (χ1v) is 8.29. The van der Waals surface area contributed by atoms with Crippen molar-refractivity contribution in [3.05, 3.63) is 12.2 Å². The summed E-state index contributed by atoms with van der Waals surface area (Å²) < 4.78 is 5.58. The zero-order valence-electron chi connectivity index (χ0n) is 15.3. The zero-order chi connectivity index (χ0) is 17.2. The maximum atomic E-state index is 12.7. The number of hydrogen-bond donors (Lipinski definition) is 0. The van der Waals surface area contributed by atoms with Gasteiger partial charge in [0.25, 0.3) is 0 Å². The molecule has 0 aromatic carbocycles. The van der Waals surface area contributed by atoms with E-state index in [0.717, 1.165) is 19.3 Å². The van der Waals surface area contributed by atoms with Gasteiger partial charge in [-0.2, -0.15) is 0 Å². The number of carbonyl (C=O) groups is 2. The summed E-state index contributed by atoms with van der Waals surface area (Å²) in [7, 11) is 0. The normalized spacial score (nSPS) is 28.4. The number of Topliss-reactive ketones (excluding diaryl/α,β-unsaturated/α-hetero) is 1. The summed E-state index contributed by atoms with van der Waals surface area (Å²) in [6, 6.07) is 0. The number of ether oxygens (including phenoxy) is 1. The predicted molar refractivity (Wildman–Crippen MR) is 89.5 cm³/mol. The van der Waals surface area contributed by atoms with Gasteiger partial charge in [0.1, 0.15) is 11.9 Å². The van der Waals surface area contributed by atoms with Crippen LogP contribution in [0.15, 0.2) is 12.2 Å². The molecule has 2 unspecified atom stereocenters. The second kappa shape index (κ2) is 6.55. The fourth-order valence-electron chi connectivity index (χ4n) is 2.90. The van der Waals surface area contributed by atoms with Gasteiger partial charge in [-0.15, -0.1) is 0 Å². The largest absolute Gasteiger partial charge is 0.458 e. The van der Waals surface area contributed by atoms with E-state index in [0.29, 0.717) is 12.2 Å². The molecule has 126 valence electrons. The van der Waals surface area contributed by atoms with Gasteiger partial charge in [-0.3, -0.25) is 9.59 Å². The van der Waals surface area contributed by atoms with Gasteiger partial charge in [0, 0.05) is 10.8 Å². The van der Waals surface area contributed by atoms with Gasteiger partial charge < -0.3 is 4.74 Å². The Hall–Kier alpha value is -1.12. The van der Waals surface area contributed by atoms with Crippen LogP contribution < -0.4 is 0 Å². The van der Waals surface area contributed by atoms with E-state index >= 15 is 0 Å². The average molecular weight is 308 g/mol. The Bertz CT molecular complexity index is 448. The number of rotatable bonds is 2. The second-order valence-corrected chi connectivity index (χ2v) is 8.86. The van der Waals surface area contributed by atoms with Crippen molar-refractivity contribution in [2.75, 3.05) is 0 Å². The van der Waals surface area contributed by atoms with E-state index in [9.17, 15) is 9.59 Å². The first-order chi connectivity index (χ1) is 9.86. The van der Waals surface area contributed by atoms with Crippen molar-refractivity contribution < 1.29 is 14.3 Å². The van der Waals surface area contributed by atoms with Crippen molar-refractivity contribution in [3.8, 4) is 0 Å². The Kier molecular flexibility index (Phi) is 5.64. The SMILES string of the molecule is CC(C)(C)C(=O)OC1/C=C/CC(C)(C(=O)C(C)(C)C)CCC1. The van der Waals surface area contributed by atoms with Gasteiger partial charge in [-0.05, 0) is 52.5 Å². The zero-order valence-corrected chi connectivity index (χ0v) is 15.3. The van der Waals surface area contributed by atoms with Gasteiger partial charge in [0.2, 0.25) is 0 Å². The van der Waals surface area contributed by atoms with Gasteiger partial charge >= 0.3 is 5.97 Å². The van der Waals surface area contributed by atoms with Crippen LogP contribution in [-0.2, 0) is 14.3 Å². The third-order valence-corrected chi connectivity index (χ3v) is 4.24. The van der Waals surface area contributed by atoms with Gasteiger partial charge in [-0.1, -0.05) is 33.8 Å². The van der Waals surface area contributed by atoms with Gasteiger partial charge in [0.15, 0.2) is 0 Å². The summed E-state index contributed by atoms with van der Waals surface area (Å²) in [5.41, 5.74) is -1.11. The molecule has 22 heavy (non-hydrogen) atoms. The number of esters is 1. The lowest BCUT2D eigenvalue weighted by molar-refractivity contribution is -0.156.